The summed E-state index contributed by atoms with van der Waals surface area (Å²) in [6.07, 6.45) is 1.20. The summed E-state index contributed by atoms with van der Waals surface area (Å²) in [5.74, 6) is -0.0525. The first-order valence-corrected chi connectivity index (χ1v) is 7.54. The molecule has 0 atom stereocenters. The summed E-state index contributed by atoms with van der Waals surface area (Å²) < 4.78 is 0. The molecule has 20 heavy (non-hydrogen) atoms. The fourth-order valence-corrected chi connectivity index (χ4v) is 3.57. The lowest BCUT2D eigenvalue weighted by molar-refractivity contribution is -0.115. The molecule has 0 saturated heterocycles. The van der Waals surface area contributed by atoms with E-state index >= 15 is 0 Å². The number of carbonyl (C=O) groups excluding carboxylic acids is 1. The van der Waals surface area contributed by atoms with Crippen LogP contribution in [0.1, 0.15) is 18.4 Å². The Morgan fingerprint density at radius 2 is 2.05 bits per heavy atom. The second-order valence-corrected chi connectivity index (χ2v) is 5.89. The van der Waals surface area contributed by atoms with Crippen molar-refractivity contribution in [1.82, 2.24) is 4.90 Å². The third-order valence-corrected chi connectivity index (χ3v) is 4.59. The van der Waals surface area contributed by atoms with Gasteiger partial charge in [-0.05, 0) is 24.1 Å². The van der Waals surface area contributed by atoms with E-state index in [1.165, 1.54) is 11.8 Å². The third-order valence-electron chi connectivity index (χ3n) is 3.35. The molecule has 0 aromatic heterocycles. The van der Waals surface area contributed by atoms with Gasteiger partial charge in [0.25, 0.3) is 0 Å². The van der Waals surface area contributed by atoms with Gasteiger partial charge in [-0.2, -0.15) is 5.26 Å². The minimum Gasteiger partial charge on any atom is -0.334 e. The summed E-state index contributed by atoms with van der Waals surface area (Å²) in [5.41, 5.74) is 2.36. The molecule has 100 valence electrons. The number of nitriles is 1. The van der Waals surface area contributed by atoms with Crippen LogP contribution in [0.15, 0.2) is 40.3 Å². The minimum atomic E-state index is -0.0525. The highest BCUT2D eigenvalue weighted by Gasteiger charge is 2.30. The van der Waals surface area contributed by atoms with Crippen LogP contribution < -0.4 is 0 Å². The number of ketones is 1. The Hall–Kier alpha value is -1.70. The van der Waals surface area contributed by atoms with Crippen molar-refractivity contribution in [1.29, 1.82) is 5.26 Å². The van der Waals surface area contributed by atoms with Gasteiger partial charge in [-0.3, -0.25) is 4.79 Å². The smallest absolute Gasteiger partial charge is 0.176 e. The van der Waals surface area contributed by atoms with E-state index in [4.69, 9.17) is 11.6 Å². The number of hydrogen-bond donors (Lipinski definition) is 0. The maximum Gasteiger partial charge on any atom is 0.176 e. The van der Waals surface area contributed by atoms with Crippen LogP contribution in [0.25, 0.3) is 5.70 Å². The second kappa shape index (κ2) is 5.35. The molecule has 2 aliphatic heterocycles. The van der Waals surface area contributed by atoms with Gasteiger partial charge in [-0.15, -0.1) is 0 Å². The molecule has 2 aliphatic rings. The lowest BCUT2D eigenvalue weighted by atomic mass is 10.1. The quantitative estimate of drug-likeness (QED) is 0.792. The maximum atomic E-state index is 11.9. The molecule has 0 unspecified atom stereocenters. The van der Waals surface area contributed by atoms with Crippen molar-refractivity contribution < 1.29 is 4.79 Å². The van der Waals surface area contributed by atoms with Gasteiger partial charge in [0, 0.05) is 23.4 Å². The predicted octanol–water partition coefficient (Wildman–Crippen LogP) is 3.79. The normalized spacial score (nSPS) is 18.5. The SMILES string of the molecule is N#CC1=C2SC=C(c3ccc(Cl)cc3)N2CCCC1=O. The monoisotopic (exact) mass is 302 g/mol. The van der Waals surface area contributed by atoms with Gasteiger partial charge < -0.3 is 4.90 Å². The van der Waals surface area contributed by atoms with Gasteiger partial charge in [0.2, 0.25) is 0 Å². The van der Waals surface area contributed by atoms with E-state index in [9.17, 15) is 10.1 Å². The number of rotatable bonds is 1. The molecule has 0 bridgehead atoms. The number of Topliss-reactive ketones (excluding diaryl/α,β-unsaturated/α-hetero) is 1. The highest BCUT2D eigenvalue weighted by atomic mass is 35.5. The minimum absolute atomic E-state index is 0.0525. The Labute approximate surface area is 126 Å². The molecule has 0 radical (unpaired) electrons. The summed E-state index contributed by atoms with van der Waals surface area (Å²) in [4.78, 5) is 14.0. The van der Waals surface area contributed by atoms with Gasteiger partial charge in [-0.25, -0.2) is 0 Å². The molecule has 5 heteroatoms. The number of carbonyl (C=O) groups is 1. The molecule has 0 amide bonds. The summed E-state index contributed by atoms with van der Waals surface area (Å²) in [7, 11) is 0. The van der Waals surface area contributed by atoms with Crippen molar-refractivity contribution in [3.63, 3.8) is 0 Å². The van der Waals surface area contributed by atoms with Crippen molar-refractivity contribution in [2.24, 2.45) is 0 Å². The fourth-order valence-electron chi connectivity index (χ4n) is 2.36. The van der Waals surface area contributed by atoms with Crippen LogP contribution in [-0.2, 0) is 4.79 Å². The van der Waals surface area contributed by atoms with E-state index in [0.717, 1.165) is 29.3 Å². The average molecular weight is 303 g/mol. The Kier molecular flexibility index (Phi) is 3.56. The third kappa shape index (κ3) is 2.24. The van der Waals surface area contributed by atoms with Gasteiger partial charge in [0.1, 0.15) is 16.7 Å². The van der Waals surface area contributed by atoms with Crippen molar-refractivity contribution in [3.8, 4) is 6.07 Å². The van der Waals surface area contributed by atoms with Crippen LogP contribution in [0.5, 0.6) is 0 Å². The maximum absolute atomic E-state index is 11.9. The summed E-state index contributed by atoms with van der Waals surface area (Å²) in [5, 5.41) is 12.7. The molecule has 2 heterocycles. The molecule has 0 spiro atoms. The van der Waals surface area contributed by atoms with Gasteiger partial charge in [0.05, 0.1) is 5.70 Å². The van der Waals surface area contributed by atoms with Crippen LogP contribution in [0.4, 0.5) is 0 Å². The van der Waals surface area contributed by atoms with Crippen LogP contribution in [0.2, 0.25) is 5.02 Å². The average Bonchev–Trinajstić information content (AvgIpc) is 2.78. The summed E-state index contributed by atoms with van der Waals surface area (Å²) in [6.45, 7) is 0.758. The van der Waals surface area contributed by atoms with Crippen molar-refractivity contribution >= 4 is 34.8 Å². The molecule has 0 aliphatic carbocycles. The van der Waals surface area contributed by atoms with Crippen molar-refractivity contribution in [2.75, 3.05) is 6.54 Å². The van der Waals surface area contributed by atoms with Crippen LogP contribution in [-0.4, -0.2) is 17.2 Å². The first kappa shape index (κ1) is 13.3. The summed E-state index contributed by atoms with van der Waals surface area (Å²) >= 11 is 7.36. The molecule has 3 nitrogen and oxygen atoms in total. The first-order chi connectivity index (χ1) is 9.70. The van der Waals surface area contributed by atoms with E-state index in [2.05, 4.69) is 11.0 Å². The Balaban J connectivity index is 2.01. The number of fused-ring (bicyclic) bond motifs is 1. The predicted molar refractivity (Wildman–Crippen MR) is 80.6 cm³/mol. The molecule has 3 rings (SSSR count). The highest BCUT2D eigenvalue weighted by molar-refractivity contribution is 8.06. The van der Waals surface area contributed by atoms with E-state index in [1.54, 1.807) is 0 Å². The Morgan fingerprint density at radius 1 is 1.30 bits per heavy atom. The second-order valence-electron chi connectivity index (χ2n) is 4.60. The van der Waals surface area contributed by atoms with E-state index in [-0.39, 0.29) is 11.4 Å². The zero-order valence-electron chi connectivity index (χ0n) is 10.6. The molecular formula is C15H11ClN2OS. The lowest BCUT2D eigenvalue weighted by Gasteiger charge is -2.22. The van der Waals surface area contributed by atoms with Crippen LogP contribution in [0.3, 0.4) is 0 Å². The Bertz CT molecular complexity index is 670. The van der Waals surface area contributed by atoms with Crippen LogP contribution >= 0.6 is 23.4 Å². The fraction of sp³-hybridized carbons (Fsp3) is 0.200. The number of benzene rings is 1. The van der Waals surface area contributed by atoms with E-state index < -0.39 is 0 Å². The molecule has 1 aromatic rings. The van der Waals surface area contributed by atoms with E-state index in [1.807, 2.05) is 29.7 Å². The molecule has 0 saturated carbocycles. The van der Waals surface area contributed by atoms with Crippen molar-refractivity contribution in [2.45, 2.75) is 12.8 Å². The number of halogens is 1. The zero-order chi connectivity index (χ0) is 14.1. The molecular weight excluding hydrogens is 292 g/mol. The van der Waals surface area contributed by atoms with Crippen molar-refractivity contribution in [3.05, 3.63) is 50.9 Å². The van der Waals surface area contributed by atoms with Gasteiger partial charge in [-0.1, -0.05) is 35.5 Å². The van der Waals surface area contributed by atoms with Gasteiger partial charge in [0.15, 0.2) is 5.78 Å². The standard InChI is InChI=1S/C15H11ClN2OS/c16-11-5-3-10(4-6-11)13-9-20-15-12(8-17)14(19)2-1-7-18(13)15/h3-6,9H,1-2,7H2. The van der Waals surface area contributed by atoms with Crippen LogP contribution in [0, 0.1) is 11.3 Å². The zero-order valence-corrected chi connectivity index (χ0v) is 12.2. The topological polar surface area (TPSA) is 44.1 Å². The lowest BCUT2D eigenvalue weighted by Crippen LogP contribution is -2.17. The van der Waals surface area contributed by atoms with Gasteiger partial charge >= 0.3 is 0 Å². The summed E-state index contributed by atoms with van der Waals surface area (Å²) in [6, 6.07) is 9.66. The first-order valence-electron chi connectivity index (χ1n) is 6.28. The molecule has 0 N–H and O–H groups in total. The highest BCUT2D eigenvalue weighted by Crippen LogP contribution is 2.42. The van der Waals surface area contributed by atoms with E-state index in [0.29, 0.717) is 11.4 Å². The number of nitrogens with zero attached hydrogens (tertiary/aromatic N) is 2. The molecule has 1 aromatic carbocycles. The number of thioether (sulfide) groups is 1. The largest absolute Gasteiger partial charge is 0.334 e. The molecule has 0 fully saturated rings. The number of hydrogen-bond acceptors (Lipinski definition) is 4. The number of allylic oxidation sites excluding steroid dienone is 1. The Morgan fingerprint density at radius 3 is 2.75 bits per heavy atom.